The SMILES string of the molecule is O=C(NCCSC1CCCC1)[C@@H]1CCCN(S(=O)(=O)c2ccccc2)C1. The number of piperidine rings is 1. The normalized spacial score (nSPS) is 22.4. The second-order valence-corrected chi connectivity index (χ2v) is 10.4. The summed E-state index contributed by atoms with van der Waals surface area (Å²) in [5.41, 5.74) is 0. The Hall–Kier alpha value is -1.05. The Morgan fingerprint density at radius 3 is 2.58 bits per heavy atom. The summed E-state index contributed by atoms with van der Waals surface area (Å²) in [6.45, 7) is 1.43. The molecular weight excluding hydrogens is 368 g/mol. The Bertz CT molecular complexity index is 688. The molecule has 1 aliphatic heterocycles. The molecule has 26 heavy (non-hydrogen) atoms. The largest absolute Gasteiger partial charge is 0.355 e. The average molecular weight is 397 g/mol. The van der Waals surface area contributed by atoms with Gasteiger partial charge in [0.05, 0.1) is 10.8 Å². The third kappa shape index (κ3) is 5.02. The van der Waals surface area contributed by atoms with Gasteiger partial charge >= 0.3 is 0 Å². The van der Waals surface area contributed by atoms with Gasteiger partial charge in [0.25, 0.3) is 0 Å². The lowest BCUT2D eigenvalue weighted by molar-refractivity contribution is -0.125. The van der Waals surface area contributed by atoms with Crippen LogP contribution < -0.4 is 5.32 Å². The minimum absolute atomic E-state index is 0.00927. The van der Waals surface area contributed by atoms with Crippen LogP contribution in [0.15, 0.2) is 35.2 Å². The monoisotopic (exact) mass is 396 g/mol. The summed E-state index contributed by atoms with van der Waals surface area (Å²) in [5, 5.41) is 3.76. The van der Waals surface area contributed by atoms with Gasteiger partial charge in [-0.3, -0.25) is 4.79 Å². The molecule has 0 aromatic heterocycles. The van der Waals surface area contributed by atoms with Gasteiger partial charge in [0.15, 0.2) is 0 Å². The van der Waals surface area contributed by atoms with E-state index in [-0.39, 0.29) is 18.4 Å². The van der Waals surface area contributed by atoms with Crippen molar-refractivity contribution in [1.82, 2.24) is 9.62 Å². The van der Waals surface area contributed by atoms with E-state index in [9.17, 15) is 13.2 Å². The molecule has 5 nitrogen and oxygen atoms in total. The van der Waals surface area contributed by atoms with Gasteiger partial charge in [-0.1, -0.05) is 31.0 Å². The topological polar surface area (TPSA) is 66.5 Å². The standard InChI is InChI=1S/C19H28N2O3S2/c22-19(20-12-14-25-17-8-4-5-9-17)16-7-6-13-21(15-16)26(23,24)18-10-2-1-3-11-18/h1-3,10-11,16-17H,4-9,12-15H2,(H,20,22)/t16-/m1/s1. The Labute approximate surface area is 161 Å². The summed E-state index contributed by atoms with van der Waals surface area (Å²) in [6, 6.07) is 8.47. The van der Waals surface area contributed by atoms with Crippen molar-refractivity contribution in [3.05, 3.63) is 30.3 Å². The van der Waals surface area contributed by atoms with E-state index in [0.717, 1.165) is 23.8 Å². The van der Waals surface area contributed by atoms with E-state index >= 15 is 0 Å². The molecule has 7 heteroatoms. The Kier molecular flexibility index (Phi) is 7.00. The van der Waals surface area contributed by atoms with Crippen molar-refractivity contribution >= 4 is 27.7 Å². The summed E-state index contributed by atoms with van der Waals surface area (Å²) in [5.74, 6) is 0.679. The van der Waals surface area contributed by atoms with Gasteiger partial charge in [-0.2, -0.15) is 16.1 Å². The molecule has 1 aliphatic carbocycles. The van der Waals surface area contributed by atoms with Crippen LogP contribution in [-0.4, -0.2) is 49.3 Å². The average Bonchev–Trinajstić information content (AvgIpc) is 3.19. The van der Waals surface area contributed by atoms with Crippen molar-refractivity contribution in [2.75, 3.05) is 25.4 Å². The van der Waals surface area contributed by atoms with Crippen molar-refractivity contribution in [2.45, 2.75) is 48.7 Å². The number of benzene rings is 1. The summed E-state index contributed by atoms with van der Waals surface area (Å²) in [6.07, 6.45) is 6.74. The quantitative estimate of drug-likeness (QED) is 0.720. The van der Waals surface area contributed by atoms with Gasteiger partial charge in [-0.05, 0) is 37.8 Å². The first kappa shape index (κ1) is 19.7. The molecule has 1 aromatic carbocycles. The van der Waals surface area contributed by atoms with Crippen molar-refractivity contribution in [3.63, 3.8) is 0 Å². The Morgan fingerprint density at radius 2 is 1.85 bits per heavy atom. The van der Waals surface area contributed by atoms with Crippen LogP contribution in [0.1, 0.15) is 38.5 Å². The van der Waals surface area contributed by atoms with E-state index in [1.807, 2.05) is 11.8 Å². The highest BCUT2D eigenvalue weighted by molar-refractivity contribution is 7.99. The van der Waals surface area contributed by atoms with E-state index in [1.165, 1.54) is 30.0 Å². The van der Waals surface area contributed by atoms with Gasteiger partial charge in [-0.15, -0.1) is 0 Å². The molecule has 0 unspecified atom stereocenters. The molecule has 1 aromatic rings. The van der Waals surface area contributed by atoms with Crippen LogP contribution in [0.4, 0.5) is 0 Å². The number of sulfonamides is 1. The van der Waals surface area contributed by atoms with Crippen LogP contribution in [0, 0.1) is 5.92 Å². The molecule has 3 rings (SSSR count). The van der Waals surface area contributed by atoms with E-state index in [1.54, 1.807) is 30.3 Å². The van der Waals surface area contributed by atoms with Gasteiger partial charge < -0.3 is 5.32 Å². The smallest absolute Gasteiger partial charge is 0.243 e. The zero-order valence-electron chi connectivity index (χ0n) is 15.1. The molecule has 1 heterocycles. The molecule has 2 aliphatic rings. The minimum Gasteiger partial charge on any atom is -0.355 e. The number of carbonyl (C=O) groups is 1. The van der Waals surface area contributed by atoms with Crippen molar-refractivity contribution in [3.8, 4) is 0 Å². The number of amides is 1. The zero-order chi connectivity index (χ0) is 18.4. The number of carbonyl (C=O) groups excluding carboxylic acids is 1. The number of hydrogen-bond donors (Lipinski definition) is 1. The van der Waals surface area contributed by atoms with E-state index in [0.29, 0.717) is 18.0 Å². The molecule has 1 amide bonds. The predicted octanol–water partition coefficient (Wildman–Crippen LogP) is 2.88. The maximum atomic E-state index is 12.8. The first-order valence-electron chi connectivity index (χ1n) is 9.52. The summed E-state index contributed by atoms with van der Waals surface area (Å²) in [7, 11) is -3.52. The molecule has 1 atom stereocenters. The Morgan fingerprint density at radius 1 is 1.12 bits per heavy atom. The second-order valence-electron chi connectivity index (χ2n) is 7.08. The van der Waals surface area contributed by atoms with E-state index < -0.39 is 10.0 Å². The van der Waals surface area contributed by atoms with Crippen LogP contribution in [0.5, 0.6) is 0 Å². The zero-order valence-corrected chi connectivity index (χ0v) is 16.7. The van der Waals surface area contributed by atoms with Crippen molar-refractivity contribution in [2.24, 2.45) is 5.92 Å². The lowest BCUT2D eigenvalue weighted by Crippen LogP contribution is -2.45. The van der Waals surface area contributed by atoms with Crippen LogP contribution >= 0.6 is 11.8 Å². The van der Waals surface area contributed by atoms with Crippen LogP contribution in [0.3, 0.4) is 0 Å². The molecule has 1 saturated carbocycles. The second kappa shape index (κ2) is 9.24. The lowest BCUT2D eigenvalue weighted by atomic mass is 9.99. The maximum Gasteiger partial charge on any atom is 0.243 e. The maximum absolute atomic E-state index is 12.8. The predicted molar refractivity (Wildman–Crippen MR) is 106 cm³/mol. The van der Waals surface area contributed by atoms with Crippen LogP contribution in [0.25, 0.3) is 0 Å². The number of rotatable bonds is 7. The van der Waals surface area contributed by atoms with Crippen molar-refractivity contribution in [1.29, 1.82) is 0 Å². The van der Waals surface area contributed by atoms with Gasteiger partial charge in [0, 0.05) is 30.6 Å². The number of thioether (sulfide) groups is 1. The fraction of sp³-hybridized carbons (Fsp3) is 0.632. The number of nitrogens with one attached hydrogen (secondary N) is 1. The van der Waals surface area contributed by atoms with Gasteiger partial charge in [-0.25, -0.2) is 8.42 Å². The summed E-state index contributed by atoms with van der Waals surface area (Å²) < 4.78 is 27.0. The van der Waals surface area contributed by atoms with E-state index in [4.69, 9.17) is 0 Å². The first-order valence-corrected chi connectivity index (χ1v) is 12.0. The fourth-order valence-electron chi connectivity index (χ4n) is 3.72. The van der Waals surface area contributed by atoms with Crippen LogP contribution in [0.2, 0.25) is 0 Å². The fourth-order valence-corrected chi connectivity index (χ4v) is 6.48. The highest BCUT2D eigenvalue weighted by Crippen LogP contribution is 2.29. The minimum atomic E-state index is -3.52. The van der Waals surface area contributed by atoms with Gasteiger partial charge in [0.2, 0.25) is 15.9 Å². The highest BCUT2D eigenvalue weighted by Gasteiger charge is 2.33. The number of nitrogens with zero attached hydrogens (tertiary/aromatic N) is 1. The van der Waals surface area contributed by atoms with Crippen LogP contribution in [-0.2, 0) is 14.8 Å². The summed E-state index contributed by atoms with van der Waals surface area (Å²) in [4.78, 5) is 12.8. The number of hydrogen-bond acceptors (Lipinski definition) is 4. The third-order valence-electron chi connectivity index (χ3n) is 5.19. The molecule has 144 valence electrons. The van der Waals surface area contributed by atoms with E-state index in [2.05, 4.69) is 5.32 Å². The summed E-state index contributed by atoms with van der Waals surface area (Å²) >= 11 is 1.95. The molecule has 0 bridgehead atoms. The van der Waals surface area contributed by atoms with Gasteiger partial charge in [0.1, 0.15) is 0 Å². The molecule has 2 fully saturated rings. The molecule has 1 saturated heterocycles. The van der Waals surface area contributed by atoms with Crippen molar-refractivity contribution < 1.29 is 13.2 Å². The Balaban J connectivity index is 1.48. The molecule has 0 spiro atoms. The first-order chi connectivity index (χ1) is 12.6. The lowest BCUT2D eigenvalue weighted by Gasteiger charge is -2.31. The third-order valence-corrected chi connectivity index (χ3v) is 8.45. The molecular formula is C19H28N2O3S2. The molecule has 1 N–H and O–H groups in total. The highest BCUT2D eigenvalue weighted by atomic mass is 32.2. The molecule has 0 radical (unpaired) electrons.